The van der Waals surface area contributed by atoms with Gasteiger partial charge in [0.15, 0.2) is 0 Å². The summed E-state index contributed by atoms with van der Waals surface area (Å²) in [5.74, 6) is -0.918. The molecule has 1 aliphatic heterocycles. The number of hydrogen-bond acceptors (Lipinski definition) is 6. The number of fused-ring (bicyclic) bond motifs is 1. The molecular formula is C19H20ClF3N6O. The minimum absolute atomic E-state index is 0.0275. The Hall–Kier alpha value is -2.43. The second kappa shape index (κ2) is 8.37. The van der Waals surface area contributed by atoms with E-state index in [1.165, 1.54) is 0 Å². The smallest absolute Gasteiger partial charge is 0.379 e. The van der Waals surface area contributed by atoms with Crippen molar-refractivity contribution in [1.82, 2.24) is 24.5 Å². The number of nitrogens with zero attached hydrogens (tertiary/aromatic N) is 5. The van der Waals surface area contributed by atoms with Crippen molar-refractivity contribution in [2.75, 3.05) is 38.2 Å². The third kappa shape index (κ3) is 4.50. The maximum atomic E-state index is 13.1. The molecule has 0 bridgehead atoms. The molecule has 1 aromatic carbocycles. The summed E-state index contributed by atoms with van der Waals surface area (Å²) in [7, 11) is 0. The van der Waals surface area contributed by atoms with Gasteiger partial charge >= 0.3 is 6.18 Å². The molecule has 3 aromatic rings. The molecule has 0 saturated carbocycles. The van der Waals surface area contributed by atoms with E-state index in [0.717, 1.165) is 23.2 Å². The first-order valence-corrected chi connectivity index (χ1v) is 9.82. The number of morpholine rings is 1. The molecule has 1 aliphatic rings. The lowest BCUT2D eigenvalue weighted by atomic mass is 10.0. The molecular weight excluding hydrogens is 421 g/mol. The van der Waals surface area contributed by atoms with Gasteiger partial charge in [-0.1, -0.05) is 23.7 Å². The van der Waals surface area contributed by atoms with E-state index in [1.54, 1.807) is 13.0 Å². The van der Waals surface area contributed by atoms with Crippen molar-refractivity contribution in [2.24, 2.45) is 0 Å². The minimum atomic E-state index is -4.64. The fraction of sp³-hybridized carbons (Fsp3) is 0.421. The molecule has 4 rings (SSSR count). The summed E-state index contributed by atoms with van der Waals surface area (Å²) in [6.07, 6.45) is -4.64. The van der Waals surface area contributed by atoms with E-state index >= 15 is 0 Å². The topological polar surface area (TPSA) is 67.6 Å². The highest BCUT2D eigenvalue weighted by Crippen LogP contribution is 2.28. The van der Waals surface area contributed by atoms with Crippen molar-refractivity contribution in [2.45, 2.75) is 19.1 Å². The Morgan fingerprint density at radius 3 is 2.53 bits per heavy atom. The van der Waals surface area contributed by atoms with Crippen molar-refractivity contribution in [3.63, 3.8) is 0 Å². The van der Waals surface area contributed by atoms with Gasteiger partial charge in [-0.05, 0) is 24.6 Å². The number of ether oxygens (including phenoxy) is 1. The SMILES string of the molecule is Cc1cc(NCC(c2ccc(Cl)cc2)N2CCOCC2)n2nc(C(F)(F)F)nc2n1. The zero-order valence-electron chi connectivity index (χ0n) is 16.2. The zero-order valence-corrected chi connectivity index (χ0v) is 16.9. The average Bonchev–Trinajstić information content (AvgIpc) is 3.15. The van der Waals surface area contributed by atoms with Crippen LogP contribution in [0, 0.1) is 6.92 Å². The second-order valence-corrected chi connectivity index (χ2v) is 7.46. The molecule has 1 unspecified atom stereocenters. The Morgan fingerprint density at radius 1 is 1.17 bits per heavy atom. The third-order valence-electron chi connectivity index (χ3n) is 4.91. The van der Waals surface area contributed by atoms with Crippen LogP contribution in [0.1, 0.15) is 23.1 Å². The van der Waals surface area contributed by atoms with E-state index < -0.39 is 12.0 Å². The van der Waals surface area contributed by atoms with Crippen molar-refractivity contribution in [1.29, 1.82) is 0 Å². The number of hydrogen-bond donors (Lipinski definition) is 1. The van der Waals surface area contributed by atoms with Gasteiger partial charge in [0.05, 0.1) is 19.3 Å². The average molecular weight is 441 g/mol. The maximum absolute atomic E-state index is 13.1. The second-order valence-electron chi connectivity index (χ2n) is 7.02. The first-order valence-electron chi connectivity index (χ1n) is 9.44. The summed E-state index contributed by atoms with van der Waals surface area (Å²) in [6, 6.07) is 9.18. The number of halogens is 4. The number of benzene rings is 1. The van der Waals surface area contributed by atoms with Crippen LogP contribution in [-0.4, -0.2) is 57.3 Å². The molecule has 0 spiro atoms. The highest BCUT2D eigenvalue weighted by molar-refractivity contribution is 6.30. The number of aromatic nitrogens is 4. The zero-order chi connectivity index (χ0) is 21.3. The van der Waals surface area contributed by atoms with Crippen molar-refractivity contribution in [3.8, 4) is 0 Å². The number of rotatable bonds is 5. The van der Waals surface area contributed by atoms with Crippen molar-refractivity contribution >= 4 is 23.2 Å². The molecule has 1 fully saturated rings. The molecule has 7 nitrogen and oxygen atoms in total. The van der Waals surface area contributed by atoms with Crippen LogP contribution in [0.3, 0.4) is 0 Å². The van der Waals surface area contributed by atoms with Gasteiger partial charge in [0, 0.05) is 36.4 Å². The van der Waals surface area contributed by atoms with Gasteiger partial charge in [-0.15, -0.1) is 5.10 Å². The summed E-state index contributed by atoms with van der Waals surface area (Å²) < 4.78 is 45.7. The molecule has 0 amide bonds. The molecule has 2 aromatic heterocycles. The van der Waals surface area contributed by atoms with Crippen LogP contribution in [0.2, 0.25) is 5.02 Å². The van der Waals surface area contributed by atoms with Crippen LogP contribution in [0.25, 0.3) is 5.78 Å². The van der Waals surface area contributed by atoms with E-state index in [0.29, 0.717) is 36.3 Å². The summed E-state index contributed by atoms with van der Waals surface area (Å²) >= 11 is 6.03. The van der Waals surface area contributed by atoms with Crippen molar-refractivity contribution < 1.29 is 17.9 Å². The lowest BCUT2D eigenvalue weighted by Crippen LogP contribution is -2.41. The Labute approximate surface area is 175 Å². The van der Waals surface area contributed by atoms with Crippen molar-refractivity contribution in [3.05, 3.63) is 52.4 Å². The summed E-state index contributed by atoms with van der Waals surface area (Å²) in [5.41, 5.74) is 1.59. The van der Waals surface area contributed by atoms with E-state index in [1.807, 2.05) is 24.3 Å². The van der Waals surface area contributed by atoms with Crippen LogP contribution in [0.4, 0.5) is 19.0 Å². The minimum Gasteiger partial charge on any atom is -0.379 e. The number of anilines is 1. The van der Waals surface area contributed by atoms with E-state index in [4.69, 9.17) is 16.3 Å². The molecule has 1 N–H and O–H groups in total. The molecule has 160 valence electrons. The van der Waals surface area contributed by atoms with Gasteiger partial charge in [-0.3, -0.25) is 4.90 Å². The van der Waals surface area contributed by atoms with E-state index in [-0.39, 0.29) is 11.8 Å². The summed E-state index contributed by atoms with van der Waals surface area (Å²) in [5, 5.41) is 7.49. The number of alkyl halides is 3. The van der Waals surface area contributed by atoms with Gasteiger partial charge < -0.3 is 10.1 Å². The highest BCUT2D eigenvalue weighted by atomic mass is 35.5. The maximum Gasteiger partial charge on any atom is 0.453 e. The standard InChI is InChI=1S/C19H20ClF3N6O/c1-12-10-16(29-18(25-12)26-17(27-29)19(21,22)23)24-11-15(28-6-8-30-9-7-28)13-2-4-14(20)5-3-13/h2-5,10,15,24H,6-9,11H2,1H3. The Morgan fingerprint density at radius 2 is 1.87 bits per heavy atom. The quantitative estimate of drug-likeness (QED) is 0.654. The Bertz CT molecular complexity index is 1020. The first kappa shape index (κ1) is 20.8. The molecule has 1 atom stereocenters. The Balaban J connectivity index is 1.63. The summed E-state index contributed by atoms with van der Waals surface area (Å²) in [6.45, 7) is 4.90. The van der Waals surface area contributed by atoms with Gasteiger partial charge in [-0.2, -0.15) is 22.7 Å². The van der Waals surface area contributed by atoms with E-state index in [2.05, 4.69) is 25.3 Å². The van der Waals surface area contributed by atoms with Gasteiger partial charge in [0.1, 0.15) is 5.82 Å². The molecule has 11 heteroatoms. The molecule has 30 heavy (non-hydrogen) atoms. The van der Waals surface area contributed by atoms with Gasteiger partial charge in [-0.25, -0.2) is 4.98 Å². The van der Waals surface area contributed by atoms with Gasteiger partial charge in [0.2, 0.25) is 0 Å². The van der Waals surface area contributed by atoms with Crippen LogP contribution in [0.15, 0.2) is 30.3 Å². The predicted octanol–water partition coefficient (Wildman–Crippen LogP) is 3.59. The summed E-state index contributed by atoms with van der Waals surface area (Å²) in [4.78, 5) is 9.86. The molecule has 0 aliphatic carbocycles. The lowest BCUT2D eigenvalue weighted by molar-refractivity contribution is -0.144. The van der Waals surface area contributed by atoms with Gasteiger partial charge in [0.25, 0.3) is 11.6 Å². The predicted molar refractivity (Wildman–Crippen MR) is 106 cm³/mol. The molecule has 3 heterocycles. The highest BCUT2D eigenvalue weighted by Gasteiger charge is 2.37. The van der Waals surface area contributed by atoms with Crippen LogP contribution in [0.5, 0.6) is 0 Å². The lowest BCUT2D eigenvalue weighted by Gasteiger charge is -2.35. The number of nitrogens with one attached hydrogen (secondary N) is 1. The molecule has 1 saturated heterocycles. The first-order chi connectivity index (χ1) is 14.3. The Kier molecular flexibility index (Phi) is 5.81. The van der Waals surface area contributed by atoms with Crippen LogP contribution in [-0.2, 0) is 10.9 Å². The monoisotopic (exact) mass is 440 g/mol. The fourth-order valence-electron chi connectivity index (χ4n) is 3.47. The van der Waals surface area contributed by atoms with Crippen LogP contribution >= 0.6 is 11.6 Å². The number of aryl methyl sites for hydroxylation is 1. The fourth-order valence-corrected chi connectivity index (χ4v) is 3.59. The van der Waals surface area contributed by atoms with E-state index in [9.17, 15) is 13.2 Å². The largest absolute Gasteiger partial charge is 0.453 e. The third-order valence-corrected chi connectivity index (χ3v) is 5.16. The van der Waals surface area contributed by atoms with Crippen LogP contribution < -0.4 is 5.32 Å². The normalized spacial score (nSPS) is 16.7. The molecule has 0 radical (unpaired) electrons.